The summed E-state index contributed by atoms with van der Waals surface area (Å²) in [6, 6.07) is 23.0. The maximum absolute atomic E-state index is 13.4. The summed E-state index contributed by atoms with van der Waals surface area (Å²) < 4.78 is 25.9. The van der Waals surface area contributed by atoms with Crippen LogP contribution in [0.2, 0.25) is 5.02 Å². The molecular formula is C30H24ClFN4O4. The molecule has 5 rings (SSSR count). The van der Waals surface area contributed by atoms with Crippen LogP contribution in [-0.4, -0.2) is 39.9 Å². The van der Waals surface area contributed by atoms with E-state index >= 15 is 0 Å². The molecule has 0 fully saturated rings. The number of carbonyl (C=O) groups is 2. The number of carbonyl (C=O) groups excluding carboxylic acids is 2. The maximum Gasteiger partial charge on any atom is 0.254 e. The van der Waals surface area contributed by atoms with Crippen molar-refractivity contribution in [3.63, 3.8) is 0 Å². The zero-order chi connectivity index (χ0) is 28.1. The quantitative estimate of drug-likeness (QED) is 0.232. The third kappa shape index (κ3) is 6.22. The minimum absolute atomic E-state index is 0.0412. The van der Waals surface area contributed by atoms with Crippen molar-refractivity contribution in [3.05, 3.63) is 120 Å². The van der Waals surface area contributed by atoms with Gasteiger partial charge in [0, 0.05) is 28.0 Å². The first kappa shape index (κ1) is 26.7. The maximum atomic E-state index is 13.4. The number of amides is 2. The average molecular weight is 559 g/mol. The van der Waals surface area contributed by atoms with E-state index in [1.54, 1.807) is 54.3 Å². The van der Waals surface area contributed by atoms with Crippen molar-refractivity contribution in [2.75, 3.05) is 19.0 Å². The number of nitrogens with zero attached hydrogens (tertiary/aromatic N) is 3. The Morgan fingerprint density at radius 3 is 2.40 bits per heavy atom. The van der Waals surface area contributed by atoms with Gasteiger partial charge >= 0.3 is 0 Å². The molecule has 1 N–H and O–H groups in total. The summed E-state index contributed by atoms with van der Waals surface area (Å²) in [5, 5.41) is 3.43. The number of anilines is 1. The van der Waals surface area contributed by atoms with E-state index in [9.17, 15) is 14.0 Å². The van der Waals surface area contributed by atoms with Gasteiger partial charge in [-0.3, -0.25) is 19.5 Å². The Balaban J connectivity index is 1.43. The van der Waals surface area contributed by atoms with Crippen LogP contribution in [0.15, 0.2) is 102 Å². The van der Waals surface area contributed by atoms with Gasteiger partial charge in [-0.2, -0.15) is 0 Å². The van der Waals surface area contributed by atoms with Gasteiger partial charge in [-0.25, -0.2) is 9.37 Å². The molecule has 0 atom stereocenters. The summed E-state index contributed by atoms with van der Waals surface area (Å²) in [7, 11) is 1.58. The van der Waals surface area contributed by atoms with Crippen molar-refractivity contribution in [2.45, 2.75) is 6.54 Å². The Bertz CT molecular complexity index is 1600. The molecular weight excluding hydrogens is 535 g/mol. The molecule has 0 unspecified atom stereocenters. The number of halogens is 2. The first-order valence-electron chi connectivity index (χ1n) is 12.3. The first-order chi connectivity index (χ1) is 19.4. The molecule has 0 radical (unpaired) electrons. The third-order valence-corrected chi connectivity index (χ3v) is 6.34. The van der Waals surface area contributed by atoms with Gasteiger partial charge in [-0.05, 0) is 72.8 Å². The minimum atomic E-state index is -0.481. The lowest BCUT2D eigenvalue weighted by Gasteiger charge is -2.21. The molecule has 0 aliphatic heterocycles. The molecule has 8 nitrogen and oxygen atoms in total. The van der Waals surface area contributed by atoms with Gasteiger partial charge in [-0.15, -0.1) is 0 Å². The van der Waals surface area contributed by atoms with Crippen molar-refractivity contribution in [1.29, 1.82) is 0 Å². The van der Waals surface area contributed by atoms with Crippen LogP contribution in [0.5, 0.6) is 5.75 Å². The SMILES string of the molecule is COc1ccc(-n2cc(-c3ccc(Cl)cc3)nc2NC(=O)CN(Cc2ccco2)C(=O)c2ccc(F)cc2)cc1. The fourth-order valence-electron chi connectivity index (χ4n) is 4.07. The van der Waals surface area contributed by atoms with Crippen LogP contribution in [0.3, 0.4) is 0 Å². The van der Waals surface area contributed by atoms with E-state index < -0.39 is 17.6 Å². The largest absolute Gasteiger partial charge is 0.497 e. The predicted molar refractivity (Wildman–Crippen MR) is 149 cm³/mol. The third-order valence-electron chi connectivity index (χ3n) is 6.09. The molecule has 0 spiro atoms. The standard InChI is InChI=1S/C30H24ClFN4O4/c1-39-25-14-12-24(13-15-25)36-18-27(20-4-8-22(31)9-5-20)33-30(36)34-28(37)19-35(17-26-3-2-16-40-26)29(38)21-6-10-23(32)11-7-21/h2-16,18H,17,19H2,1H3,(H,33,34,37). The van der Waals surface area contributed by atoms with Crippen LogP contribution in [-0.2, 0) is 11.3 Å². The molecule has 0 saturated carbocycles. The van der Waals surface area contributed by atoms with Crippen LogP contribution in [0.4, 0.5) is 10.3 Å². The molecule has 2 heterocycles. The van der Waals surface area contributed by atoms with Gasteiger partial charge in [-0.1, -0.05) is 23.7 Å². The summed E-state index contributed by atoms with van der Waals surface area (Å²) in [4.78, 5) is 32.6. The van der Waals surface area contributed by atoms with E-state index in [2.05, 4.69) is 10.3 Å². The second-order valence-electron chi connectivity index (χ2n) is 8.82. The fourth-order valence-corrected chi connectivity index (χ4v) is 4.20. The van der Waals surface area contributed by atoms with Crippen LogP contribution in [0.1, 0.15) is 16.1 Å². The van der Waals surface area contributed by atoms with Crippen molar-refractivity contribution in [2.24, 2.45) is 0 Å². The number of ether oxygens (including phenoxy) is 1. The van der Waals surface area contributed by atoms with Crippen LogP contribution < -0.4 is 10.1 Å². The summed E-state index contributed by atoms with van der Waals surface area (Å²) >= 11 is 6.05. The highest BCUT2D eigenvalue weighted by Crippen LogP contribution is 2.26. The highest BCUT2D eigenvalue weighted by molar-refractivity contribution is 6.30. The van der Waals surface area contributed by atoms with E-state index in [0.29, 0.717) is 22.2 Å². The summed E-state index contributed by atoms with van der Waals surface area (Å²) in [5.41, 5.74) is 2.39. The zero-order valence-electron chi connectivity index (χ0n) is 21.4. The Morgan fingerprint density at radius 2 is 1.75 bits per heavy atom. The normalized spacial score (nSPS) is 10.8. The lowest BCUT2D eigenvalue weighted by molar-refractivity contribution is -0.117. The lowest BCUT2D eigenvalue weighted by Crippen LogP contribution is -2.37. The highest BCUT2D eigenvalue weighted by atomic mass is 35.5. The van der Waals surface area contributed by atoms with Gasteiger partial charge in [0.25, 0.3) is 5.91 Å². The molecule has 0 aliphatic carbocycles. The van der Waals surface area contributed by atoms with Gasteiger partial charge in [0.2, 0.25) is 11.9 Å². The molecule has 5 aromatic rings. The van der Waals surface area contributed by atoms with E-state index in [1.165, 1.54) is 35.4 Å². The topological polar surface area (TPSA) is 89.6 Å². The molecule has 2 amide bonds. The summed E-state index contributed by atoms with van der Waals surface area (Å²) in [6.07, 6.45) is 3.28. The smallest absolute Gasteiger partial charge is 0.254 e. The Labute approximate surface area is 234 Å². The number of imidazole rings is 1. The number of rotatable bonds is 9. The second-order valence-corrected chi connectivity index (χ2v) is 9.26. The van der Waals surface area contributed by atoms with Crippen molar-refractivity contribution in [1.82, 2.24) is 14.5 Å². The minimum Gasteiger partial charge on any atom is -0.497 e. The summed E-state index contributed by atoms with van der Waals surface area (Å²) in [6.45, 7) is -0.262. The summed E-state index contributed by atoms with van der Waals surface area (Å²) in [5.74, 6) is 0.0336. The average Bonchev–Trinajstić information content (AvgIpc) is 3.63. The number of nitrogens with one attached hydrogen (secondary N) is 1. The lowest BCUT2D eigenvalue weighted by atomic mass is 10.2. The van der Waals surface area contributed by atoms with E-state index in [-0.39, 0.29) is 24.6 Å². The molecule has 10 heteroatoms. The highest BCUT2D eigenvalue weighted by Gasteiger charge is 2.22. The zero-order valence-corrected chi connectivity index (χ0v) is 22.1. The Kier molecular flexibility index (Phi) is 7.93. The number of hydrogen-bond donors (Lipinski definition) is 1. The van der Waals surface area contributed by atoms with E-state index in [4.69, 9.17) is 20.8 Å². The first-order valence-corrected chi connectivity index (χ1v) is 12.6. The molecule has 2 aromatic heterocycles. The fraction of sp³-hybridized carbons (Fsp3) is 0.100. The van der Waals surface area contributed by atoms with Crippen LogP contribution in [0.25, 0.3) is 16.9 Å². The Morgan fingerprint density at radius 1 is 1.02 bits per heavy atom. The number of aromatic nitrogens is 2. The number of furan rings is 1. The number of methoxy groups -OCH3 is 1. The predicted octanol–water partition coefficient (Wildman–Crippen LogP) is 6.21. The molecule has 0 aliphatic rings. The van der Waals surface area contributed by atoms with E-state index in [1.807, 2.05) is 24.3 Å². The van der Waals surface area contributed by atoms with Crippen LogP contribution in [0, 0.1) is 5.82 Å². The number of benzene rings is 3. The number of hydrogen-bond acceptors (Lipinski definition) is 5. The monoisotopic (exact) mass is 558 g/mol. The Hall–Kier alpha value is -4.89. The van der Waals surface area contributed by atoms with Crippen molar-refractivity contribution in [3.8, 4) is 22.7 Å². The molecule has 202 valence electrons. The van der Waals surface area contributed by atoms with E-state index in [0.717, 1.165) is 11.3 Å². The van der Waals surface area contributed by atoms with Crippen molar-refractivity contribution >= 4 is 29.4 Å². The molecule has 3 aromatic carbocycles. The van der Waals surface area contributed by atoms with Gasteiger partial charge in [0.05, 0.1) is 25.6 Å². The van der Waals surface area contributed by atoms with Gasteiger partial charge in [0.1, 0.15) is 23.9 Å². The van der Waals surface area contributed by atoms with Gasteiger partial charge in [0.15, 0.2) is 0 Å². The van der Waals surface area contributed by atoms with Gasteiger partial charge < -0.3 is 14.1 Å². The molecule has 0 bridgehead atoms. The molecule has 40 heavy (non-hydrogen) atoms. The van der Waals surface area contributed by atoms with Crippen molar-refractivity contribution < 1.29 is 23.1 Å². The van der Waals surface area contributed by atoms with Crippen LogP contribution >= 0.6 is 11.6 Å². The molecule has 0 saturated heterocycles. The second kappa shape index (κ2) is 11.9.